The maximum absolute atomic E-state index is 14.2. The first-order chi connectivity index (χ1) is 16.4. The molecule has 1 unspecified atom stereocenters. The highest BCUT2D eigenvalue weighted by atomic mass is 16.5. The van der Waals surface area contributed by atoms with Crippen molar-refractivity contribution in [3.8, 4) is 11.3 Å². The van der Waals surface area contributed by atoms with Crippen LogP contribution in [0.2, 0.25) is 0 Å². The molecule has 0 radical (unpaired) electrons. The van der Waals surface area contributed by atoms with E-state index in [1.807, 2.05) is 87.2 Å². The standard InChI is InChI=1S/C28H35N3O3/c1-19(2)31(20(3)4)28(33)25-22-12-8-9-13-23(22)29-27(21-10-6-5-7-11-21)26(25)24(32)18-30-14-16-34-17-15-30/h5-13,19-20,24,32H,14-18H2,1-4H3. The van der Waals surface area contributed by atoms with Gasteiger partial charge in [0, 0.05) is 48.2 Å². The van der Waals surface area contributed by atoms with E-state index in [0.717, 1.165) is 29.6 Å². The van der Waals surface area contributed by atoms with E-state index in [4.69, 9.17) is 9.72 Å². The Bertz CT molecular complexity index is 1120. The van der Waals surface area contributed by atoms with Crippen molar-refractivity contribution in [1.29, 1.82) is 0 Å². The quantitative estimate of drug-likeness (QED) is 0.560. The summed E-state index contributed by atoms with van der Waals surface area (Å²) in [5.74, 6) is -0.0724. The maximum atomic E-state index is 14.2. The molecule has 0 aliphatic carbocycles. The molecule has 1 N–H and O–H groups in total. The van der Waals surface area contributed by atoms with Gasteiger partial charge in [0.05, 0.1) is 36.1 Å². The van der Waals surface area contributed by atoms with Gasteiger partial charge in [-0.25, -0.2) is 4.98 Å². The highest BCUT2D eigenvalue weighted by molar-refractivity contribution is 6.09. The minimum absolute atomic E-state index is 0.0174. The van der Waals surface area contributed by atoms with Gasteiger partial charge in [0.15, 0.2) is 0 Å². The Morgan fingerprint density at radius 1 is 1.00 bits per heavy atom. The molecule has 0 bridgehead atoms. The Kier molecular flexibility index (Phi) is 7.61. The number of rotatable bonds is 7. The number of carbonyl (C=O) groups is 1. The first kappa shape index (κ1) is 24.3. The summed E-state index contributed by atoms with van der Waals surface area (Å²) in [5, 5.41) is 12.4. The van der Waals surface area contributed by atoms with E-state index < -0.39 is 6.10 Å². The lowest BCUT2D eigenvalue weighted by Crippen LogP contribution is -2.43. The summed E-state index contributed by atoms with van der Waals surface area (Å²) in [6.07, 6.45) is -0.870. The second-order valence-electron chi connectivity index (χ2n) is 9.46. The molecule has 180 valence electrons. The number of aliphatic hydroxyl groups excluding tert-OH is 1. The van der Waals surface area contributed by atoms with Crippen LogP contribution in [0, 0.1) is 0 Å². The van der Waals surface area contributed by atoms with E-state index in [2.05, 4.69) is 4.90 Å². The lowest BCUT2D eigenvalue weighted by molar-refractivity contribution is 0.0140. The second-order valence-corrected chi connectivity index (χ2v) is 9.46. The number of para-hydroxylation sites is 1. The normalized spacial score (nSPS) is 15.7. The van der Waals surface area contributed by atoms with Crippen LogP contribution in [-0.4, -0.2) is 70.7 Å². The van der Waals surface area contributed by atoms with Crippen molar-refractivity contribution in [1.82, 2.24) is 14.8 Å². The number of ether oxygens (including phenoxy) is 1. The van der Waals surface area contributed by atoms with Gasteiger partial charge in [0.25, 0.3) is 5.91 Å². The summed E-state index contributed by atoms with van der Waals surface area (Å²) < 4.78 is 5.49. The molecule has 1 amide bonds. The predicted octanol–water partition coefficient (Wildman–Crippen LogP) is 4.53. The molecule has 34 heavy (non-hydrogen) atoms. The summed E-state index contributed by atoms with van der Waals surface area (Å²) in [7, 11) is 0. The van der Waals surface area contributed by atoms with Crippen LogP contribution in [0.15, 0.2) is 54.6 Å². The first-order valence-electron chi connectivity index (χ1n) is 12.2. The van der Waals surface area contributed by atoms with Crippen LogP contribution < -0.4 is 0 Å². The molecule has 4 rings (SSSR count). The third kappa shape index (κ3) is 4.99. The Hall–Kier alpha value is -2.80. The van der Waals surface area contributed by atoms with Crippen molar-refractivity contribution in [2.75, 3.05) is 32.8 Å². The van der Waals surface area contributed by atoms with Crippen LogP contribution in [0.25, 0.3) is 22.2 Å². The zero-order valence-corrected chi connectivity index (χ0v) is 20.6. The average molecular weight is 462 g/mol. The fourth-order valence-corrected chi connectivity index (χ4v) is 4.91. The van der Waals surface area contributed by atoms with Crippen LogP contribution in [0.1, 0.15) is 49.7 Å². The van der Waals surface area contributed by atoms with Crippen LogP contribution in [0.3, 0.4) is 0 Å². The molecule has 3 aromatic rings. The van der Waals surface area contributed by atoms with Crippen molar-refractivity contribution >= 4 is 16.8 Å². The van der Waals surface area contributed by atoms with Crippen LogP contribution in [-0.2, 0) is 4.74 Å². The molecule has 2 heterocycles. The van der Waals surface area contributed by atoms with Crippen LogP contribution in [0.5, 0.6) is 0 Å². The number of pyridine rings is 1. The van der Waals surface area contributed by atoms with Crippen molar-refractivity contribution < 1.29 is 14.6 Å². The van der Waals surface area contributed by atoms with E-state index in [0.29, 0.717) is 36.6 Å². The largest absolute Gasteiger partial charge is 0.387 e. The molecule has 6 heteroatoms. The van der Waals surface area contributed by atoms with Gasteiger partial charge in [-0.2, -0.15) is 0 Å². The number of β-amino-alcohol motifs (C(OH)–C–C–N with tert-alkyl or cyclic N) is 1. The van der Waals surface area contributed by atoms with Gasteiger partial charge in [0.1, 0.15) is 0 Å². The number of aromatic nitrogens is 1. The highest BCUT2D eigenvalue weighted by Crippen LogP contribution is 2.36. The van der Waals surface area contributed by atoms with Crippen molar-refractivity contribution in [3.05, 3.63) is 65.7 Å². The maximum Gasteiger partial charge on any atom is 0.255 e. The topological polar surface area (TPSA) is 65.9 Å². The number of hydrogen-bond donors (Lipinski definition) is 1. The summed E-state index contributed by atoms with van der Waals surface area (Å²) in [5.41, 5.74) is 3.45. The molecular weight excluding hydrogens is 426 g/mol. The molecular formula is C28H35N3O3. The summed E-state index contributed by atoms with van der Waals surface area (Å²) in [4.78, 5) is 23.3. The smallest absolute Gasteiger partial charge is 0.255 e. The third-order valence-electron chi connectivity index (χ3n) is 6.41. The number of fused-ring (bicyclic) bond motifs is 1. The Labute approximate surface area is 202 Å². The van der Waals surface area contributed by atoms with Crippen LogP contribution >= 0.6 is 0 Å². The number of morpholine rings is 1. The van der Waals surface area contributed by atoms with E-state index in [1.54, 1.807) is 0 Å². The fourth-order valence-electron chi connectivity index (χ4n) is 4.91. The molecule has 1 aromatic heterocycles. The average Bonchev–Trinajstić information content (AvgIpc) is 2.83. The third-order valence-corrected chi connectivity index (χ3v) is 6.41. The Morgan fingerprint density at radius 2 is 1.62 bits per heavy atom. The lowest BCUT2D eigenvalue weighted by Gasteiger charge is -2.34. The van der Waals surface area contributed by atoms with Gasteiger partial charge >= 0.3 is 0 Å². The molecule has 1 aliphatic rings. The van der Waals surface area contributed by atoms with Crippen molar-refractivity contribution in [3.63, 3.8) is 0 Å². The Balaban J connectivity index is 1.96. The monoisotopic (exact) mass is 461 g/mol. The minimum Gasteiger partial charge on any atom is -0.387 e. The number of amides is 1. The Morgan fingerprint density at radius 3 is 2.26 bits per heavy atom. The van der Waals surface area contributed by atoms with Gasteiger partial charge in [-0.05, 0) is 33.8 Å². The zero-order valence-electron chi connectivity index (χ0n) is 20.6. The van der Waals surface area contributed by atoms with E-state index in [-0.39, 0.29) is 18.0 Å². The van der Waals surface area contributed by atoms with Gasteiger partial charge in [-0.1, -0.05) is 48.5 Å². The zero-order chi connectivity index (χ0) is 24.2. The predicted molar refractivity (Wildman–Crippen MR) is 136 cm³/mol. The SMILES string of the molecule is CC(C)N(C(=O)c1c(C(O)CN2CCOCC2)c(-c2ccccc2)nc2ccccc12)C(C)C. The molecule has 0 spiro atoms. The molecule has 1 saturated heterocycles. The van der Waals surface area contributed by atoms with E-state index in [1.165, 1.54) is 0 Å². The molecule has 1 fully saturated rings. The fraction of sp³-hybridized carbons (Fsp3) is 0.429. The summed E-state index contributed by atoms with van der Waals surface area (Å²) >= 11 is 0. The summed E-state index contributed by atoms with van der Waals surface area (Å²) in [6.45, 7) is 11.4. The molecule has 1 aliphatic heterocycles. The lowest BCUT2D eigenvalue weighted by atomic mass is 9.91. The van der Waals surface area contributed by atoms with Gasteiger partial charge < -0.3 is 14.7 Å². The van der Waals surface area contributed by atoms with Crippen LogP contribution in [0.4, 0.5) is 0 Å². The number of nitrogens with zero attached hydrogens (tertiary/aromatic N) is 3. The molecule has 2 aromatic carbocycles. The summed E-state index contributed by atoms with van der Waals surface area (Å²) in [6, 6.07) is 17.6. The molecule has 0 saturated carbocycles. The van der Waals surface area contributed by atoms with Gasteiger partial charge in [-0.3, -0.25) is 9.69 Å². The number of benzene rings is 2. The molecule has 6 nitrogen and oxygen atoms in total. The second kappa shape index (κ2) is 10.6. The van der Waals surface area contributed by atoms with E-state index >= 15 is 0 Å². The molecule has 1 atom stereocenters. The number of hydrogen-bond acceptors (Lipinski definition) is 5. The van der Waals surface area contributed by atoms with Crippen molar-refractivity contribution in [2.45, 2.75) is 45.9 Å². The first-order valence-corrected chi connectivity index (χ1v) is 12.2. The number of carbonyl (C=O) groups excluding carboxylic acids is 1. The highest BCUT2D eigenvalue weighted by Gasteiger charge is 2.32. The minimum atomic E-state index is -0.870. The van der Waals surface area contributed by atoms with Gasteiger partial charge in [0.2, 0.25) is 0 Å². The van der Waals surface area contributed by atoms with Crippen molar-refractivity contribution in [2.24, 2.45) is 0 Å². The van der Waals surface area contributed by atoms with E-state index in [9.17, 15) is 9.90 Å². The van der Waals surface area contributed by atoms with Gasteiger partial charge in [-0.15, -0.1) is 0 Å². The number of aliphatic hydroxyl groups is 1.